The van der Waals surface area contributed by atoms with Crippen LogP contribution in [0.5, 0.6) is 0 Å². The van der Waals surface area contributed by atoms with Crippen molar-refractivity contribution >= 4 is 20.1 Å². The molecular formula is C23H36NO6P. The van der Waals surface area contributed by atoms with E-state index in [1.165, 1.54) is 6.42 Å². The van der Waals surface area contributed by atoms with E-state index in [4.69, 9.17) is 9.26 Å². The van der Waals surface area contributed by atoms with Crippen molar-refractivity contribution in [3.8, 4) is 0 Å². The normalized spacial score (nSPS) is 17.6. The third kappa shape index (κ3) is 10.3. The first-order chi connectivity index (χ1) is 14.8. The van der Waals surface area contributed by atoms with E-state index in [0.717, 1.165) is 31.2 Å². The van der Waals surface area contributed by atoms with E-state index in [2.05, 4.69) is 5.32 Å². The molecule has 2 rings (SSSR count). The molecule has 3 unspecified atom stereocenters. The van der Waals surface area contributed by atoms with Crippen molar-refractivity contribution in [2.45, 2.75) is 71.6 Å². The van der Waals surface area contributed by atoms with Crippen LogP contribution in [0.25, 0.3) is 0 Å². The molecule has 7 nitrogen and oxygen atoms in total. The van der Waals surface area contributed by atoms with Gasteiger partial charge in [0.05, 0.1) is 5.92 Å². The Kier molecular flexibility index (Phi) is 11.1. The molecule has 174 valence electrons. The predicted molar refractivity (Wildman–Crippen MR) is 120 cm³/mol. The maximum Gasteiger partial charge on any atom is 0.409 e. The van der Waals surface area contributed by atoms with E-state index < -0.39 is 32.2 Å². The minimum absolute atomic E-state index is 0.0277. The molecule has 0 aliphatic heterocycles. The second-order valence-electron chi connectivity index (χ2n) is 8.79. The number of benzene rings is 1. The number of rotatable bonds is 12. The van der Waals surface area contributed by atoms with Gasteiger partial charge in [0.2, 0.25) is 0 Å². The zero-order valence-corrected chi connectivity index (χ0v) is 19.5. The summed E-state index contributed by atoms with van der Waals surface area (Å²) in [6.07, 6.45) is 5.18. The molecule has 0 aromatic heterocycles. The number of aliphatic carboxylic acids is 1. The van der Waals surface area contributed by atoms with Crippen molar-refractivity contribution in [1.29, 1.82) is 0 Å². The summed E-state index contributed by atoms with van der Waals surface area (Å²) < 4.78 is 23.7. The lowest BCUT2D eigenvalue weighted by Gasteiger charge is -2.27. The van der Waals surface area contributed by atoms with Crippen LogP contribution < -0.4 is 5.32 Å². The van der Waals surface area contributed by atoms with Crippen LogP contribution in [0.2, 0.25) is 0 Å². The van der Waals surface area contributed by atoms with Crippen molar-refractivity contribution in [3.63, 3.8) is 0 Å². The van der Waals surface area contributed by atoms with Crippen LogP contribution >= 0.6 is 8.03 Å². The lowest BCUT2D eigenvalue weighted by molar-refractivity contribution is -0.141. The molecule has 1 amide bonds. The molecule has 1 aromatic rings. The van der Waals surface area contributed by atoms with E-state index in [9.17, 15) is 19.3 Å². The van der Waals surface area contributed by atoms with Gasteiger partial charge in [-0.1, -0.05) is 76.3 Å². The van der Waals surface area contributed by atoms with E-state index >= 15 is 0 Å². The van der Waals surface area contributed by atoms with E-state index in [1.54, 1.807) is 0 Å². The van der Waals surface area contributed by atoms with Gasteiger partial charge in [0.1, 0.15) is 12.8 Å². The van der Waals surface area contributed by atoms with Crippen molar-refractivity contribution in [2.75, 3.05) is 6.16 Å². The van der Waals surface area contributed by atoms with Crippen LogP contribution in [-0.4, -0.2) is 29.6 Å². The smallest absolute Gasteiger partial charge is 0.409 e. The standard InChI is InChI=1S/C23H36NO6P/c1-17(2)13-20(22(25)26)16-31(28)30-21(14-18-9-5-3-6-10-18)24-23(27)29-15-19-11-7-4-8-12-19/h4,7-8,11-12,17-18,20-21,31H,3,5-6,9-10,13-16H2,1-2H3,(H,24,27)(H,25,26). The van der Waals surface area contributed by atoms with Crippen molar-refractivity contribution in [1.82, 2.24) is 5.32 Å². The number of ether oxygens (including phenoxy) is 1. The Bertz CT molecular complexity index is 705. The second-order valence-corrected chi connectivity index (χ2v) is 10.2. The molecule has 31 heavy (non-hydrogen) atoms. The third-order valence-electron chi connectivity index (χ3n) is 5.56. The number of nitrogens with one attached hydrogen (secondary N) is 1. The van der Waals surface area contributed by atoms with Gasteiger partial charge < -0.3 is 14.4 Å². The van der Waals surface area contributed by atoms with Crippen LogP contribution in [0, 0.1) is 17.8 Å². The van der Waals surface area contributed by atoms with Gasteiger partial charge in [-0.2, -0.15) is 0 Å². The van der Waals surface area contributed by atoms with Crippen molar-refractivity contribution in [2.24, 2.45) is 17.8 Å². The quantitative estimate of drug-likeness (QED) is 0.322. The molecule has 0 radical (unpaired) electrons. The molecule has 1 aliphatic carbocycles. The third-order valence-corrected chi connectivity index (χ3v) is 6.93. The molecule has 2 N–H and O–H groups in total. The van der Waals surface area contributed by atoms with E-state index in [1.807, 2.05) is 44.2 Å². The minimum Gasteiger partial charge on any atom is -0.481 e. The number of carbonyl (C=O) groups excluding carboxylic acids is 1. The van der Waals surface area contributed by atoms with Gasteiger partial charge in [0.25, 0.3) is 0 Å². The average molecular weight is 454 g/mol. The summed E-state index contributed by atoms with van der Waals surface area (Å²) in [5.74, 6) is -1.12. The molecule has 0 saturated heterocycles. The fourth-order valence-electron chi connectivity index (χ4n) is 4.01. The fourth-order valence-corrected chi connectivity index (χ4v) is 5.32. The Balaban J connectivity index is 1.93. The monoisotopic (exact) mass is 453 g/mol. The Hall–Kier alpha value is -1.85. The first kappa shape index (κ1) is 25.4. The Morgan fingerprint density at radius 1 is 1.16 bits per heavy atom. The lowest BCUT2D eigenvalue weighted by atomic mass is 9.86. The molecular weight excluding hydrogens is 417 g/mol. The summed E-state index contributed by atoms with van der Waals surface area (Å²) in [5, 5.41) is 12.1. The Morgan fingerprint density at radius 3 is 2.45 bits per heavy atom. The highest BCUT2D eigenvalue weighted by molar-refractivity contribution is 7.39. The summed E-state index contributed by atoms with van der Waals surface area (Å²) in [6, 6.07) is 9.35. The zero-order valence-electron chi connectivity index (χ0n) is 18.5. The first-order valence-corrected chi connectivity index (χ1v) is 12.7. The summed E-state index contributed by atoms with van der Waals surface area (Å²) in [7, 11) is -2.64. The number of carboxylic acid groups (broad SMARTS) is 1. The Morgan fingerprint density at radius 2 is 1.84 bits per heavy atom. The van der Waals surface area contributed by atoms with Crippen LogP contribution in [0.15, 0.2) is 30.3 Å². The molecule has 3 atom stereocenters. The molecule has 0 bridgehead atoms. The highest BCUT2D eigenvalue weighted by Crippen LogP contribution is 2.34. The maximum absolute atomic E-state index is 12.7. The number of hydrogen-bond donors (Lipinski definition) is 2. The second kappa shape index (κ2) is 13.5. The van der Waals surface area contributed by atoms with Crippen LogP contribution in [0.4, 0.5) is 4.79 Å². The lowest BCUT2D eigenvalue weighted by Crippen LogP contribution is -2.38. The molecule has 1 aromatic carbocycles. The molecule has 1 fully saturated rings. The minimum atomic E-state index is -2.64. The van der Waals surface area contributed by atoms with Crippen molar-refractivity contribution in [3.05, 3.63) is 35.9 Å². The van der Waals surface area contributed by atoms with Gasteiger partial charge in [0.15, 0.2) is 8.03 Å². The average Bonchev–Trinajstić information content (AvgIpc) is 2.73. The Labute approximate surface area is 185 Å². The predicted octanol–water partition coefficient (Wildman–Crippen LogP) is 5.45. The molecule has 8 heteroatoms. The summed E-state index contributed by atoms with van der Waals surface area (Å²) in [6.45, 7) is 4.00. The SMILES string of the molecule is CC(C)CC(C[PH](=O)OC(CC1CCCCC1)NC(=O)OCc1ccccc1)C(=O)O. The van der Waals surface area contributed by atoms with E-state index in [0.29, 0.717) is 18.8 Å². The molecule has 1 saturated carbocycles. The number of alkyl carbamates (subject to hydrolysis) is 1. The largest absolute Gasteiger partial charge is 0.481 e. The topological polar surface area (TPSA) is 102 Å². The molecule has 0 spiro atoms. The van der Waals surface area contributed by atoms with Gasteiger partial charge >= 0.3 is 12.1 Å². The summed E-state index contributed by atoms with van der Waals surface area (Å²) in [5.41, 5.74) is 0.869. The number of carbonyl (C=O) groups is 2. The molecule has 1 aliphatic rings. The van der Waals surface area contributed by atoms with Gasteiger partial charge in [-0.25, -0.2) is 4.79 Å². The van der Waals surface area contributed by atoms with Crippen LogP contribution in [-0.2, 0) is 25.2 Å². The summed E-state index contributed by atoms with van der Waals surface area (Å²) >= 11 is 0. The van der Waals surface area contributed by atoms with Crippen LogP contribution in [0.3, 0.4) is 0 Å². The highest BCUT2D eigenvalue weighted by atomic mass is 31.1. The first-order valence-electron chi connectivity index (χ1n) is 11.2. The highest BCUT2D eigenvalue weighted by Gasteiger charge is 2.26. The number of carboxylic acids is 1. The van der Waals surface area contributed by atoms with E-state index in [-0.39, 0.29) is 18.7 Å². The fraction of sp³-hybridized carbons (Fsp3) is 0.652. The van der Waals surface area contributed by atoms with Gasteiger partial charge in [-0.3, -0.25) is 14.7 Å². The molecule has 0 heterocycles. The summed E-state index contributed by atoms with van der Waals surface area (Å²) in [4.78, 5) is 23.8. The van der Waals surface area contributed by atoms with Crippen molar-refractivity contribution < 1.29 is 28.5 Å². The number of hydrogen-bond acceptors (Lipinski definition) is 5. The maximum atomic E-state index is 12.7. The van der Waals surface area contributed by atoms with Crippen LogP contribution in [0.1, 0.15) is 64.4 Å². The van der Waals surface area contributed by atoms with Gasteiger partial charge in [0, 0.05) is 6.16 Å². The zero-order chi connectivity index (χ0) is 22.6. The van der Waals surface area contributed by atoms with Gasteiger partial charge in [-0.15, -0.1) is 0 Å². The number of amides is 1. The van der Waals surface area contributed by atoms with Gasteiger partial charge in [-0.05, 0) is 30.2 Å².